The number of hydrogen-bond acceptors (Lipinski definition) is 1. The highest BCUT2D eigenvalue weighted by Gasteiger charge is 2.47. The van der Waals surface area contributed by atoms with E-state index >= 15 is 0 Å². The summed E-state index contributed by atoms with van der Waals surface area (Å²) in [4.78, 5) is 3.87. The number of fused-ring (bicyclic) bond motifs is 1. The first kappa shape index (κ1) is 12.3. The highest BCUT2D eigenvalue weighted by molar-refractivity contribution is 6.69. The lowest BCUT2D eigenvalue weighted by molar-refractivity contribution is 0.0875. The van der Waals surface area contributed by atoms with Gasteiger partial charge in [-0.05, 0) is 44.1 Å². The van der Waals surface area contributed by atoms with E-state index in [2.05, 4.69) is 36.6 Å². The normalized spacial score (nSPS) is 23.9. The van der Waals surface area contributed by atoms with Gasteiger partial charge in [0.05, 0.1) is 12.0 Å². The second-order valence-corrected chi connectivity index (χ2v) is 10.1. The summed E-state index contributed by atoms with van der Waals surface area (Å²) in [5.41, 5.74) is 1.68. The summed E-state index contributed by atoms with van der Waals surface area (Å²) < 4.78 is 6.23. The van der Waals surface area contributed by atoms with Crippen molar-refractivity contribution in [2.24, 2.45) is 0 Å². The molecule has 0 amide bonds. The van der Waals surface area contributed by atoms with Crippen molar-refractivity contribution in [1.29, 1.82) is 0 Å². The van der Waals surface area contributed by atoms with E-state index in [4.69, 9.17) is 11.0 Å². The quantitative estimate of drug-likeness (QED) is 0.568. The predicted octanol–water partition coefficient (Wildman–Crippen LogP) is 3.95. The molecule has 1 atom stereocenters. The second kappa shape index (κ2) is 4.28. The van der Waals surface area contributed by atoms with Crippen molar-refractivity contribution in [2.45, 2.75) is 44.6 Å². The first-order chi connectivity index (χ1) is 7.97. The molecule has 0 N–H and O–H groups in total. The van der Waals surface area contributed by atoms with Crippen molar-refractivity contribution < 1.29 is 4.43 Å². The molecule has 0 fully saturated rings. The fourth-order valence-electron chi connectivity index (χ4n) is 2.52. The number of nitrogens with zero attached hydrogens (tertiary/aromatic N) is 1. The molecule has 0 aromatic heterocycles. The smallest absolute Gasteiger partial charge is 0.347 e. The van der Waals surface area contributed by atoms with Crippen molar-refractivity contribution in [3.05, 3.63) is 46.8 Å². The lowest BCUT2D eigenvalue weighted by Crippen LogP contribution is -2.40. The largest absolute Gasteiger partial charge is 0.355 e. The minimum Gasteiger partial charge on any atom is -0.347 e. The van der Waals surface area contributed by atoms with Crippen molar-refractivity contribution in [2.75, 3.05) is 0 Å². The molecule has 3 heteroatoms. The number of benzene rings is 1. The van der Waals surface area contributed by atoms with Gasteiger partial charge in [-0.2, -0.15) is 0 Å². The zero-order valence-electron chi connectivity index (χ0n) is 10.8. The van der Waals surface area contributed by atoms with Crippen LogP contribution >= 0.6 is 0 Å². The Morgan fingerprint density at radius 1 is 1.29 bits per heavy atom. The average molecular weight is 245 g/mol. The molecule has 1 aliphatic rings. The lowest BCUT2D eigenvalue weighted by atomic mass is 9.85. The van der Waals surface area contributed by atoms with Crippen LogP contribution in [-0.4, -0.2) is 8.32 Å². The van der Waals surface area contributed by atoms with Gasteiger partial charge >= 0.3 is 5.72 Å². The molecule has 0 heterocycles. The van der Waals surface area contributed by atoms with Gasteiger partial charge in [0.2, 0.25) is 0 Å². The van der Waals surface area contributed by atoms with Gasteiger partial charge in [-0.3, -0.25) is 4.85 Å². The van der Waals surface area contributed by atoms with Crippen LogP contribution in [0.2, 0.25) is 19.6 Å². The third kappa shape index (κ3) is 2.43. The molecular weight excluding hydrogens is 226 g/mol. The molecule has 1 aromatic rings. The second-order valence-electron chi connectivity index (χ2n) is 5.62. The van der Waals surface area contributed by atoms with E-state index in [0.29, 0.717) is 0 Å². The molecule has 0 saturated carbocycles. The minimum atomic E-state index is -1.72. The van der Waals surface area contributed by atoms with Crippen LogP contribution in [0, 0.1) is 6.57 Å². The predicted molar refractivity (Wildman–Crippen MR) is 72.1 cm³/mol. The first-order valence-corrected chi connectivity index (χ1v) is 9.55. The van der Waals surface area contributed by atoms with Crippen LogP contribution in [0.3, 0.4) is 0 Å². The summed E-state index contributed by atoms with van der Waals surface area (Å²) in [6.07, 6.45) is 2.95. The molecule has 0 radical (unpaired) electrons. The van der Waals surface area contributed by atoms with Crippen LogP contribution < -0.4 is 0 Å². The molecule has 1 aromatic carbocycles. The molecule has 0 aliphatic heterocycles. The molecule has 2 nitrogen and oxygen atoms in total. The van der Waals surface area contributed by atoms with Crippen LogP contribution in [0.15, 0.2) is 24.3 Å². The van der Waals surface area contributed by atoms with E-state index in [0.717, 1.165) is 24.8 Å². The van der Waals surface area contributed by atoms with Crippen molar-refractivity contribution in [3.63, 3.8) is 0 Å². The SMILES string of the molecule is [C-]#[N+]C1(O[Si](C)(C)C)CCCc2ccccc21. The maximum absolute atomic E-state index is 7.58. The fourth-order valence-corrected chi connectivity index (χ4v) is 3.79. The third-order valence-electron chi connectivity index (χ3n) is 3.06. The number of hydrogen-bond donors (Lipinski definition) is 0. The Balaban J connectivity index is 2.47. The average Bonchev–Trinajstić information content (AvgIpc) is 2.27. The molecule has 0 spiro atoms. The molecule has 1 aliphatic carbocycles. The topological polar surface area (TPSA) is 13.6 Å². The lowest BCUT2D eigenvalue weighted by Gasteiger charge is -2.33. The van der Waals surface area contributed by atoms with E-state index in [1.165, 1.54) is 5.56 Å². The zero-order chi connectivity index (χ0) is 12.5. The van der Waals surface area contributed by atoms with E-state index in [9.17, 15) is 0 Å². The van der Waals surface area contributed by atoms with E-state index in [1.807, 2.05) is 12.1 Å². The van der Waals surface area contributed by atoms with Gasteiger partial charge in [-0.25, -0.2) is 6.57 Å². The van der Waals surface area contributed by atoms with Gasteiger partial charge in [0.15, 0.2) is 8.32 Å². The van der Waals surface area contributed by atoms with E-state index in [-0.39, 0.29) is 0 Å². The number of aryl methyl sites for hydroxylation is 1. The third-order valence-corrected chi connectivity index (χ3v) is 4.01. The molecule has 0 saturated heterocycles. The fraction of sp³-hybridized carbons (Fsp3) is 0.500. The molecular formula is C14H19NOSi. The van der Waals surface area contributed by atoms with Gasteiger partial charge < -0.3 is 4.43 Å². The van der Waals surface area contributed by atoms with Crippen LogP contribution in [0.1, 0.15) is 24.0 Å². The summed E-state index contributed by atoms with van der Waals surface area (Å²) in [6.45, 7) is 14.0. The molecule has 0 bridgehead atoms. The van der Waals surface area contributed by atoms with E-state index in [1.54, 1.807) is 0 Å². The number of rotatable bonds is 2. The van der Waals surface area contributed by atoms with Gasteiger partial charge in [-0.1, -0.05) is 18.2 Å². The first-order valence-electron chi connectivity index (χ1n) is 6.14. The van der Waals surface area contributed by atoms with Gasteiger partial charge in [0, 0.05) is 0 Å². The summed E-state index contributed by atoms with van der Waals surface area (Å²) in [7, 11) is -1.72. The Hall–Kier alpha value is -1.11. The maximum Gasteiger partial charge on any atom is 0.355 e. The Bertz CT molecular complexity index is 458. The molecule has 2 rings (SSSR count). The summed E-state index contributed by atoms with van der Waals surface area (Å²) in [5, 5.41) is 0. The van der Waals surface area contributed by atoms with Gasteiger partial charge in [-0.15, -0.1) is 0 Å². The summed E-state index contributed by atoms with van der Waals surface area (Å²) >= 11 is 0. The van der Waals surface area contributed by atoms with Gasteiger partial charge in [0.25, 0.3) is 0 Å². The Morgan fingerprint density at radius 3 is 2.65 bits per heavy atom. The van der Waals surface area contributed by atoms with Crippen LogP contribution in [-0.2, 0) is 16.6 Å². The van der Waals surface area contributed by atoms with Crippen molar-refractivity contribution in [3.8, 4) is 0 Å². The van der Waals surface area contributed by atoms with Crippen LogP contribution in [0.5, 0.6) is 0 Å². The highest BCUT2D eigenvalue weighted by atomic mass is 28.4. The Morgan fingerprint density at radius 2 is 2.00 bits per heavy atom. The Kier molecular flexibility index (Phi) is 3.11. The maximum atomic E-state index is 7.58. The summed E-state index contributed by atoms with van der Waals surface area (Å²) in [6, 6.07) is 8.25. The zero-order valence-corrected chi connectivity index (χ0v) is 11.8. The molecule has 90 valence electrons. The van der Waals surface area contributed by atoms with E-state index < -0.39 is 14.0 Å². The molecule has 17 heavy (non-hydrogen) atoms. The van der Waals surface area contributed by atoms with Gasteiger partial charge in [0.1, 0.15) is 0 Å². The van der Waals surface area contributed by atoms with Crippen molar-refractivity contribution >= 4 is 8.32 Å². The van der Waals surface area contributed by atoms with Crippen molar-refractivity contribution in [1.82, 2.24) is 0 Å². The monoisotopic (exact) mass is 245 g/mol. The Labute approximate surface area is 105 Å². The minimum absolute atomic E-state index is 0.709. The van der Waals surface area contributed by atoms with Crippen LogP contribution in [0.25, 0.3) is 4.85 Å². The highest BCUT2D eigenvalue weighted by Crippen LogP contribution is 2.41. The molecule has 1 unspecified atom stereocenters. The van der Waals surface area contributed by atoms with Crippen LogP contribution in [0.4, 0.5) is 0 Å². The summed E-state index contributed by atoms with van der Waals surface area (Å²) in [5.74, 6) is 0. The standard InChI is InChI=1S/C14H19NOSi/c1-15-14(16-17(2,3)4)11-7-9-12-8-5-6-10-13(12)14/h5-6,8,10H,7,9,11H2,2-4H3.